The van der Waals surface area contributed by atoms with E-state index in [1.54, 1.807) is 11.0 Å². The van der Waals surface area contributed by atoms with E-state index in [2.05, 4.69) is 5.32 Å². The number of piperazine rings is 1. The Hall–Kier alpha value is -2.08. The Labute approximate surface area is 117 Å². The number of ether oxygens (including phenoxy) is 1. The standard InChI is InChI=1S/C14H17N3O3/c18-13(16-7-5-15-6-8-16)9-17-11-3-1-2-4-12(11)20-10-14(17)19/h1-4,15H,5-10H2. The van der Waals surface area contributed by atoms with Crippen molar-refractivity contribution in [3.8, 4) is 5.75 Å². The number of nitrogens with one attached hydrogen (secondary N) is 1. The number of anilines is 1. The van der Waals surface area contributed by atoms with E-state index in [9.17, 15) is 9.59 Å². The molecule has 0 saturated carbocycles. The molecule has 0 atom stereocenters. The molecule has 0 bridgehead atoms. The van der Waals surface area contributed by atoms with Crippen LogP contribution in [-0.2, 0) is 9.59 Å². The minimum atomic E-state index is -0.174. The monoisotopic (exact) mass is 275 g/mol. The predicted octanol–water partition coefficient (Wildman–Crippen LogP) is -0.156. The molecule has 2 amide bonds. The summed E-state index contributed by atoms with van der Waals surface area (Å²) < 4.78 is 5.37. The number of benzene rings is 1. The number of nitrogens with zero attached hydrogens (tertiary/aromatic N) is 2. The normalized spacial score (nSPS) is 18.5. The average molecular weight is 275 g/mol. The van der Waals surface area contributed by atoms with Crippen LogP contribution in [0.3, 0.4) is 0 Å². The van der Waals surface area contributed by atoms with Gasteiger partial charge in [-0.1, -0.05) is 12.1 Å². The highest BCUT2D eigenvalue weighted by Gasteiger charge is 2.28. The van der Waals surface area contributed by atoms with Crippen LogP contribution in [0.25, 0.3) is 0 Å². The first-order valence-corrected chi connectivity index (χ1v) is 6.76. The predicted molar refractivity (Wildman–Crippen MR) is 73.7 cm³/mol. The van der Waals surface area contributed by atoms with Crippen molar-refractivity contribution in [3.63, 3.8) is 0 Å². The molecule has 20 heavy (non-hydrogen) atoms. The van der Waals surface area contributed by atoms with E-state index < -0.39 is 0 Å². The summed E-state index contributed by atoms with van der Waals surface area (Å²) in [6.07, 6.45) is 0. The molecule has 2 aliphatic heterocycles. The summed E-state index contributed by atoms with van der Waals surface area (Å²) in [4.78, 5) is 27.6. The van der Waals surface area contributed by atoms with E-state index in [1.807, 2.05) is 18.2 Å². The van der Waals surface area contributed by atoms with Gasteiger partial charge in [-0.25, -0.2) is 0 Å². The largest absolute Gasteiger partial charge is 0.482 e. The second-order valence-corrected chi connectivity index (χ2v) is 4.87. The second-order valence-electron chi connectivity index (χ2n) is 4.87. The number of carbonyl (C=O) groups excluding carboxylic acids is 2. The molecule has 3 rings (SSSR count). The summed E-state index contributed by atoms with van der Waals surface area (Å²) in [5.41, 5.74) is 0.673. The zero-order valence-electron chi connectivity index (χ0n) is 11.2. The summed E-state index contributed by atoms with van der Waals surface area (Å²) in [5.74, 6) is 0.462. The topological polar surface area (TPSA) is 61.9 Å². The Morgan fingerprint density at radius 3 is 2.80 bits per heavy atom. The highest BCUT2D eigenvalue weighted by molar-refractivity contribution is 6.02. The molecule has 0 spiro atoms. The lowest BCUT2D eigenvalue weighted by molar-refractivity contribution is -0.132. The van der Waals surface area contributed by atoms with Crippen LogP contribution >= 0.6 is 0 Å². The van der Waals surface area contributed by atoms with Crippen molar-refractivity contribution in [2.24, 2.45) is 0 Å². The third kappa shape index (κ3) is 2.46. The molecule has 0 aliphatic carbocycles. The van der Waals surface area contributed by atoms with E-state index >= 15 is 0 Å². The van der Waals surface area contributed by atoms with Crippen molar-refractivity contribution < 1.29 is 14.3 Å². The van der Waals surface area contributed by atoms with E-state index in [0.717, 1.165) is 13.1 Å². The van der Waals surface area contributed by atoms with Crippen LogP contribution in [0.15, 0.2) is 24.3 Å². The van der Waals surface area contributed by atoms with Crippen LogP contribution in [0.1, 0.15) is 0 Å². The third-order valence-electron chi connectivity index (χ3n) is 3.57. The van der Waals surface area contributed by atoms with Crippen LogP contribution < -0.4 is 15.0 Å². The SMILES string of the molecule is O=C(CN1C(=O)COc2ccccc21)N1CCNCC1. The van der Waals surface area contributed by atoms with Gasteiger partial charge in [-0.05, 0) is 12.1 Å². The molecule has 1 fully saturated rings. The van der Waals surface area contributed by atoms with Gasteiger partial charge < -0.3 is 15.0 Å². The first-order valence-electron chi connectivity index (χ1n) is 6.76. The first-order chi connectivity index (χ1) is 9.75. The summed E-state index contributed by atoms with van der Waals surface area (Å²) in [6.45, 7) is 3.07. The maximum atomic E-state index is 12.3. The summed E-state index contributed by atoms with van der Waals surface area (Å²) in [7, 11) is 0. The number of para-hydroxylation sites is 2. The number of amides is 2. The van der Waals surface area contributed by atoms with Crippen LogP contribution in [0.5, 0.6) is 5.75 Å². The fourth-order valence-electron chi connectivity index (χ4n) is 2.48. The quantitative estimate of drug-likeness (QED) is 0.815. The lowest BCUT2D eigenvalue weighted by atomic mass is 10.2. The van der Waals surface area contributed by atoms with Crippen molar-refractivity contribution in [1.29, 1.82) is 0 Å². The van der Waals surface area contributed by atoms with Crippen molar-refractivity contribution in [2.45, 2.75) is 0 Å². The van der Waals surface area contributed by atoms with Gasteiger partial charge in [0, 0.05) is 26.2 Å². The molecule has 1 aromatic rings. The Morgan fingerprint density at radius 1 is 1.25 bits per heavy atom. The van der Waals surface area contributed by atoms with Gasteiger partial charge in [-0.2, -0.15) is 0 Å². The molecular formula is C14H17N3O3. The van der Waals surface area contributed by atoms with Crippen LogP contribution in [0.2, 0.25) is 0 Å². The van der Waals surface area contributed by atoms with Crippen LogP contribution in [0.4, 0.5) is 5.69 Å². The Kier molecular flexibility index (Phi) is 3.56. The maximum Gasteiger partial charge on any atom is 0.265 e. The fraction of sp³-hybridized carbons (Fsp3) is 0.429. The van der Waals surface area contributed by atoms with Gasteiger partial charge in [0.15, 0.2) is 6.61 Å². The molecule has 2 aliphatic rings. The lowest BCUT2D eigenvalue weighted by Gasteiger charge is -2.32. The second kappa shape index (κ2) is 5.50. The van der Waals surface area contributed by atoms with Crippen LogP contribution in [-0.4, -0.2) is 56.0 Å². The average Bonchev–Trinajstić information content (AvgIpc) is 2.51. The summed E-state index contributed by atoms with van der Waals surface area (Å²) in [5, 5.41) is 3.20. The number of rotatable bonds is 2. The number of fused-ring (bicyclic) bond motifs is 1. The molecule has 0 radical (unpaired) electrons. The van der Waals surface area contributed by atoms with Gasteiger partial charge in [0.2, 0.25) is 5.91 Å². The van der Waals surface area contributed by atoms with Gasteiger partial charge in [-0.15, -0.1) is 0 Å². The summed E-state index contributed by atoms with van der Waals surface area (Å²) >= 11 is 0. The van der Waals surface area contributed by atoms with E-state index in [1.165, 1.54) is 4.90 Å². The molecule has 0 aromatic heterocycles. The minimum Gasteiger partial charge on any atom is -0.482 e. The third-order valence-corrected chi connectivity index (χ3v) is 3.57. The van der Waals surface area contributed by atoms with Gasteiger partial charge in [0.1, 0.15) is 12.3 Å². The molecule has 106 valence electrons. The Morgan fingerprint density at radius 2 is 2.00 bits per heavy atom. The lowest BCUT2D eigenvalue weighted by Crippen LogP contribution is -2.51. The van der Waals surface area contributed by atoms with Crippen molar-refractivity contribution >= 4 is 17.5 Å². The Balaban J connectivity index is 1.76. The number of hydrogen-bond acceptors (Lipinski definition) is 4. The van der Waals surface area contributed by atoms with Crippen LogP contribution in [0, 0.1) is 0 Å². The number of hydrogen-bond donors (Lipinski definition) is 1. The van der Waals surface area contributed by atoms with Gasteiger partial charge >= 0.3 is 0 Å². The molecule has 1 aromatic carbocycles. The van der Waals surface area contributed by atoms with Gasteiger partial charge in [0.05, 0.1) is 5.69 Å². The van der Waals surface area contributed by atoms with E-state index in [-0.39, 0.29) is 25.0 Å². The molecule has 6 nitrogen and oxygen atoms in total. The van der Waals surface area contributed by atoms with Gasteiger partial charge in [0.25, 0.3) is 5.91 Å². The smallest absolute Gasteiger partial charge is 0.265 e. The molecule has 6 heteroatoms. The van der Waals surface area contributed by atoms with Gasteiger partial charge in [-0.3, -0.25) is 14.5 Å². The highest BCUT2D eigenvalue weighted by Crippen LogP contribution is 2.31. The molecule has 1 N–H and O–H groups in total. The maximum absolute atomic E-state index is 12.3. The molecular weight excluding hydrogens is 258 g/mol. The molecule has 1 saturated heterocycles. The van der Waals surface area contributed by atoms with Crippen molar-refractivity contribution in [3.05, 3.63) is 24.3 Å². The van der Waals surface area contributed by atoms with Crippen molar-refractivity contribution in [1.82, 2.24) is 10.2 Å². The Bertz CT molecular complexity index is 526. The zero-order chi connectivity index (χ0) is 13.9. The highest BCUT2D eigenvalue weighted by atomic mass is 16.5. The fourth-order valence-corrected chi connectivity index (χ4v) is 2.48. The summed E-state index contributed by atoms with van der Waals surface area (Å²) in [6, 6.07) is 7.30. The first kappa shape index (κ1) is 12.9. The number of carbonyl (C=O) groups is 2. The minimum absolute atomic E-state index is 0.00809. The molecule has 0 unspecified atom stereocenters. The van der Waals surface area contributed by atoms with E-state index in [0.29, 0.717) is 24.5 Å². The zero-order valence-corrected chi connectivity index (χ0v) is 11.2. The molecule has 2 heterocycles. The van der Waals surface area contributed by atoms with E-state index in [4.69, 9.17) is 4.74 Å². The van der Waals surface area contributed by atoms with Crippen molar-refractivity contribution in [2.75, 3.05) is 44.2 Å².